The molecule has 0 spiro atoms. The Hall–Kier alpha value is -0.480. The van der Waals surface area contributed by atoms with Crippen molar-refractivity contribution >= 4 is 15.9 Å². The van der Waals surface area contributed by atoms with Gasteiger partial charge in [-0.15, -0.1) is 0 Å². The van der Waals surface area contributed by atoms with Crippen molar-refractivity contribution in [1.82, 2.24) is 0 Å². The van der Waals surface area contributed by atoms with E-state index in [9.17, 15) is 8.78 Å². The summed E-state index contributed by atoms with van der Waals surface area (Å²) < 4.78 is 26.6. The Bertz CT molecular complexity index is 403. The van der Waals surface area contributed by atoms with E-state index in [1.54, 1.807) is 6.07 Å². The first-order valence-corrected chi connectivity index (χ1v) is 6.79. The van der Waals surface area contributed by atoms with E-state index in [2.05, 4.69) is 15.9 Å². The molecule has 0 radical (unpaired) electrons. The van der Waals surface area contributed by atoms with Gasteiger partial charge < -0.3 is 5.73 Å². The summed E-state index contributed by atoms with van der Waals surface area (Å²) in [6, 6.07) is 2.53. The smallest absolute Gasteiger partial charge is 0.173 e. The molecule has 1 unspecified atom stereocenters. The number of hydrogen-bond donors (Lipinski definition) is 1. The third kappa shape index (κ3) is 2.68. The Morgan fingerprint density at radius 1 is 1.18 bits per heavy atom. The first kappa shape index (κ1) is 13.0. The van der Waals surface area contributed by atoms with E-state index in [0.29, 0.717) is 11.5 Å². The zero-order chi connectivity index (χ0) is 12.4. The summed E-state index contributed by atoms with van der Waals surface area (Å²) in [5.74, 6) is -1.30. The van der Waals surface area contributed by atoms with Crippen molar-refractivity contribution in [1.29, 1.82) is 0 Å². The third-order valence-corrected chi connectivity index (χ3v) is 4.39. The van der Waals surface area contributed by atoms with Crippen LogP contribution < -0.4 is 5.73 Å². The molecule has 2 N–H and O–H groups in total. The predicted molar refractivity (Wildman–Crippen MR) is 67.6 cm³/mol. The Labute approximate surface area is 109 Å². The Morgan fingerprint density at radius 2 is 1.82 bits per heavy atom. The summed E-state index contributed by atoms with van der Waals surface area (Å²) >= 11 is 3.10. The van der Waals surface area contributed by atoms with Crippen LogP contribution in [-0.2, 0) is 0 Å². The predicted octanol–water partition coefficient (Wildman–Crippen LogP) is 4.31. The Balaban J connectivity index is 2.24. The Morgan fingerprint density at radius 3 is 2.47 bits per heavy atom. The number of halogens is 3. The quantitative estimate of drug-likeness (QED) is 0.810. The van der Waals surface area contributed by atoms with Crippen molar-refractivity contribution in [3.05, 3.63) is 33.8 Å². The standard InChI is InChI=1S/C13H16BrF2N/c14-11-9(6-7-10(15)12(11)16)13(17)8-4-2-1-3-5-8/h6-8,13H,1-5,17H2. The fraction of sp³-hybridized carbons (Fsp3) is 0.538. The molecule has 0 aliphatic heterocycles. The molecule has 1 nitrogen and oxygen atoms in total. The van der Waals surface area contributed by atoms with Gasteiger partial charge in [-0.05, 0) is 46.3 Å². The maximum Gasteiger partial charge on any atom is 0.173 e. The van der Waals surface area contributed by atoms with Crippen LogP contribution in [0.3, 0.4) is 0 Å². The summed E-state index contributed by atoms with van der Waals surface area (Å²) in [6.45, 7) is 0. The Kier molecular flexibility index (Phi) is 4.15. The van der Waals surface area contributed by atoms with E-state index in [1.165, 1.54) is 19.3 Å². The maximum atomic E-state index is 13.4. The lowest BCUT2D eigenvalue weighted by Crippen LogP contribution is -2.24. The molecule has 0 aromatic heterocycles. The second-order valence-electron chi connectivity index (χ2n) is 4.69. The highest BCUT2D eigenvalue weighted by Gasteiger charge is 2.25. The molecule has 1 aliphatic carbocycles. The summed E-state index contributed by atoms with van der Waals surface area (Å²) in [5, 5.41) is 0. The minimum atomic E-state index is -0.839. The average molecular weight is 304 g/mol. The van der Waals surface area contributed by atoms with Crippen molar-refractivity contribution < 1.29 is 8.78 Å². The van der Waals surface area contributed by atoms with Crippen LogP contribution in [0.4, 0.5) is 8.78 Å². The molecule has 17 heavy (non-hydrogen) atoms. The van der Waals surface area contributed by atoms with Gasteiger partial charge in [-0.3, -0.25) is 0 Å². The zero-order valence-corrected chi connectivity index (χ0v) is 11.1. The molecule has 1 aromatic rings. The molecule has 1 fully saturated rings. The number of hydrogen-bond acceptors (Lipinski definition) is 1. The number of rotatable bonds is 2. The van der Waals surface area contributed by atoms with Gasteiger partial charge >= 0.3 is 0 Å². The van der Waals surface area contributed by atoms with E-state index in [0.717, 1.165) is 18.9 Å². The number of benzene rings is 1. The van der Waals surface area contributed by atoms with Gasteiger partial charge in [0.05, 0.1) is 4.47 Å². The van der Waals surface area contributed by atoms with Gasteiger partial charge in [0.1, 0.15) is 0 Å². The fourth-order valence-corrected chi connectivity index (χ4v) is 3.13. The second-order valence-corrected chi connectivity index (χ2v) is 5.48. The van der Waals surface area contributed by atoms with Gasteiger partial charge in [-0.2, -0.15) is 0 Å². The topological polar surface area (TPSA) is 26.0 Å². The van der Waals surface area contributed by atoms with Crippen molar-refractivity contribution in [3.8, 4) is 0 Å². The minimum absolute atomic E-state index is 0.176. The van der Waals surface area contributed by atoms with E-state index in [1.807, 2.05) is 0 Å². The van der Waals surface area contributed by atoms with E-state index >= 15 is 0 Å². The van der Waals surface area contributed by atoms with E-state index in [-0.39, 0.29) is 10.5 Å². The third-order valence-electron chi connectivity index (χ3n) is 3.58. The van der Waals surface area contributed by atoms with E-state index < -0.39 is 11.6 Å². The first-order valence-electron chi connectivity index (χ1n) is 6.00. The van der Waals surface area contributed by atoms with Crippen LogP contribution in [0, 0.1) is 17.6 Å². The minimum Gasteiger partial charge on any atom is -0.324 e. The SMILES string of the molecule is NC(c1ccc(F)c(F)c1Br)C1CCCCC1. The fourth-order valence-electron chi connectivity index (χ4n) is 2.55. The summed E-state index contributed by atoms with van der Waals surface area (Å²) in [7, 11) is 0. The highest BCUT2D eigenvalue weighted by molar-refractivity contribution is 9.10. The molecule has 0 bridgehead atoms. The van der Waals surface area contributed by atoms with Crippen LogP contribution >= 0.6 is 15.9 Å². The number of nitrogens with two attached hydrogens (primary N) is 1. The van der Waals surface area contributed by atoms with Crippen molar-refractivity contribution in [2.75, 3.05) is 0 Å². The molecule has 2 rings (SSSR count). The lowest BCUT2D eigenvalue weighted by atomic mass is 9.81. The molecular formula is C13H16BrF2N. The van der Waals surface area contributed by atoms with Crippen molar-refractivity contribution in [2.24, 2.45) is 11.7 Å². The largest absolute Gasteiger partial charge is 0.324 e. The van der Waals surface area contributed by atoms with Crippen LogP contribution in [0.5, 0.6) is 0 Å². The van der Waals surface area contributed by atoms with Gasteiger partial charge in [0, 0.05) is 6.04 Å². The van der Waals surface area contributed by atoms with Gasteiger partial charge in [0.2, 0.25) is 0 Å². The molecule has 0 amide bonds. The van der Waals surface area contributed by atoms with Gasteiger partial charge in [0.25, 0.3) is 0 Å². The molecule has 0 heterocycles. The zero-order valence-electron chi connectivity index (χ0n) is 9.56. The van der Waals surface area contributed by atoms with Gasteiger partial charge in [-0.25, -0.2) is 8.78 Å². The van der Waals surface area contributed by atoms with Crippen molar-refractivity contribution in [2.45, 2.75) is 38.1 Å². The summed E-state index contributed by atoms with van der Waals surface area (Å²) in [6.07, 6.45) is 5.76. The monoisotopic (exact) mass is 303 g/mol. The van der Waals surface area contributed by atoms with Crippen LogP contribution in [0.2, 0.25) is 0 Å². The van der Waals surface area contributed by atoms with Crippen LogP contribution in [-0.4, -0.2) is 0 Å². The first-order chi connectivity index (χ1) is 8.11. The van der Waals surface area contributed by atoms with E-state index in [4.69, 9.17) is 5.73 Å². The van der Waals surface area contributed by atoms with Crippen LogP contribution in [0.1, 0.15) is 43.7 Å². The molecule has 1 aliphatic rings. The van der Waals surface area contributed by atoms with Crippen molar-refractivity contribution in [3.63, 3.8) is 0 Å². The molecular weight excluding hydrogens is 288 g/mol. The maximum absolute atomic E-state index is 13.4. The lowest BCUT2D eigenvalue weighted by molar-refractivity contribution is 0.306. The molecule has 94 valence electrons. The molecule has 0 saturated heterocycles. The highest BCUT2D eigenvalue weighted by atomic mass is 79.9. The van der Waals surface area contributed by atoms with Gasteiger partial charge in [-0.1, -0.05) is 25.3 Å². The highest BCUT2D eigenvalue weighted by Crippen LogP contribution is 2.36. The second kappa shape index (κ2) is 5.44. The molecule has 1 aromatic carbocycles. The normalized spacial score (nSPS) is 19.3. The van der Waals surface area contributed by atoms with Gasteiger partial charge in [0.15, 0.2) is 11.6 Å². The van der Waals surface area contributed by atoms with Crippen LogP contribution in [0.15, 0.2) is 16.6 Å². The molecule has 1 atom stereocenters. The average Bonchev–Trinajstić information content (AvgIpc) is 2.36. The van der Waals surface area contributed by atoms with Crippen LogP contribution in [0.25, 0.3) is 0 Å². The summed E-state index contributed by atoms with van der Waals surface area (Å²) in [5.41, 5.74) is 6.85. The lowest BCUT2D eigenvalue weighted by Gasteiger charge is -2.28. The summed E-state index contributed by atoms with van der Waals surface area (Å²) in [4.78, 5) is 0. The molecule has 1 saturated carbocycles. The molecule has 4 heteroatoms.